The van der Waals surface area contributed by atoms with E-state index >= 15 is 0 Å². The Hall–Kier alpha value is -1.80. The van der Waals surface area contributed by atoms with E-state index in [1.165, 1.54) is 6.20 Å². The summed E-state index contributed by atoms with van der Waals surface area (Å²) in [7, 11) is 0. The number of hydrogen-bond donors (Lipinski definition) is 2. The van der Waals surface area contributed by atoms with Crippen LogP contribution in [-0.2, 0) is 9.47 Å². The van der Waals surface area contributed by atoms with Gasteiger partial charge in [-0.25, -0.2) is 9.89 Å². The number of aromatic nitrogens is 2. The molecule has 1 aliphatic carbocycles. The molecular formula is C16H21ClN4O4. The summed E-state index contributed by atoms with van der Waals surface area (Å²) in [5.41, 5.74) is 0.148. The fraction of sp³-hybridized carbons (Fsp3) is 0.688. The van der Waals surface area contributed by atoms with Crippen LogP contribution in [0.3, 0.4) is 0 Å². The van der Waals surface area contributed by atoms with Gasteiger partial charge in [-0.15, -0.1) is 0 Å². The van der Waals surface area contributed by atoms with E-state index in [1.807, 2.05) is 4.90 Å². The SMILES string of the molecule is O=C(NC1CC2CCC1CO2)O[C@@H]1CCN(c2cn[nH]c(=O)c2Cl)C1. The van der Waals surface area contributed by atoms with E-state index in [0.717, 1.165) is 25.9 Å². The lowest BCUT2D eigenvalue weighted by Gasteiger charge is -2.42. The minimum Gasteiger partial charge on any atom is -0.444 e. The molecule has 3 aliphatic heterocycles. The number of H-pyrrole nitrogens is 1. The molecule has 3 saturated heterocycles. The molecule has 136 valence electrons. The van der Waals surface area contributed by atoms with E-state index in [9.17, 15) is 9.59 Å². The predicted octanol–water partition coefficient (Wildman–Crippen LogP) is 1.30. The van der Waals surface area contributed by atoms with Crippen molar-refractivity contribution in [2.75, 3.05) is 24.6 Å². The van der Waals surface area contributed by atoms with Crippen molar-refractivity contribution in [3.8, 4) is 0 Å². The number of ether oxygens (including phenoxy) is 2. The van der Waals surface area contributed by atoms with Crippen molar-refractivity contribution in [1.29, 1.82) is 0 Å². The molecule has 4 aliphatic rings. The van der Waals surface area contributed by atoms with Crippen molar-refractivity contribution in [3.05, 3.63) is 21.6 Å². The lowest BCUT2D eigenvalue weighted by Crippen LogP contribution is -2.52. The summed E-state index contributed by atoms with van der Waals surface area (Å²) >= 11 is 6.03. The zero-order valence-electron chi connectivity index (χ0n) is 13.7. The van der Waals surface area contributed by atoms with Crippen molar-refractivity contribution >= 4 is 23.4 Å². The van der Waals surface area contributed by atoms with E-state index < -0.39 is 5.56 Å². The van der Waals surface area contributed by atoms with Crippen LogP contribution in [0.25, 0.3) is 0 Å². The van der Waals surface area contributed by atoms with Gasteiger partial charge in [-0.2, -0.15) is 5.10 Å². The molecule has 4 heterocycles. The molecule has 9 heteroatoms. The largest absolute Gasteiger partial charge is 0.444 e. The van der Waals surface area contributed by atoms with Gasteiger partial charge in [-0.1, -0.05) is 11.6 Å². The highest BCUT2D eigenvalue weighted by Crippen LogP contribution is 2.33. The standard InChI is InChI=1S/C16H21ClN4O4/c17-14-13(6-18-20-15(14)22)21-4-3-11(7-21)25-16(23)19-12-5-10-2-1-9(12)8-24-10/h6,9-12H,1-5,7-8H2,(H,19,23)(H,20,22)/t9?,10?,11-,12?/m1/s1. The van der Waals surface area contributed by atoms with E-state index in [4.69, 9.17) is 21.1 Å². The highest BCUT2D eigenvalue weighted by molar-refractivity contribution is 6.33. The van der Waals surface area contributed by atoms with E-state index in [0.29, 0.717) is 31.1 Å². The molecule has 1 amide bonds. The van der Waals surface area contributed by atoms with Gasteiger partial charge >= 0.3 is 6.09 Å². The average Bonchev–Trinajstić information content (AvgIpc) is 3.06. The smallest absolute Gasteiger partial charge is 0.407 e. The number of carbonyl (C=O) groups excluding carboxylic acids is 1. The lowest BCUT2D eigenvalue weighted by molar-refractivity contribution is -0.0780. The maximum atomic E-state index is 12.2. The van der Waals surface area contributed by atoms with Gasteiger partial charge in [0.15, 0.2) is 0 Å². The Kier molecular flexibility index (Phi) is 4.56. The summed E-state index contributed by atoms with van der Waals surface area (Å²) in [6, 6.07) is 0.142. The minimum absolute atomic E-state index is 0.110. The van der Waals surface area contributed by atoms with Crippen molar-refractivity contribution in [1.82, 2.24) is 15.5 Å². The second-order valence-corrected chi connectivity index (χ2v) is 7.32. The number of amides is 1. The van der Waals surface area contributed by atoms with Gasteiger partial charge in [0.25, 0.3) is 5.56 Å². The van der Waals surface area contributed by atoms with Gasteiger partial charge < -0.3 is 19.7 Å². The number of fused-ring (bicyclic) bond motifs is 3. The molecule has 1 aromatic rings. The predicted molar refractivity (Wildman–Crippen MR) is 91.0 cm³/mol. The third kappa shape index (κ3) is 3.46. The van der Waals surface area contributed by atoms with Crippen LogP contribution in [0.4, 0.5) is 10.5 Å². The Labute approximate surface area is 149 Å². The number of anilines is 1. The molecule has 2 N–H and O–H groups in total. The maximum absolute atomic E-state index is 12.2. The summed E-state index contributed by atoms with van der Waals surface area (Å²) < 4.78 is 11.2. The Balaban J connectivity index is 1.31. The number of carbonyl (C=O) groups is 1. The molecular weight excluding hydrogens is 348 g/mol. The number of alkyl carbamates (subject to hydrolysis) is 1. The van der Waals surface area contributed by atoms with Gasteiger partial charge in [0.1, 0.15) is 11.1 Å². The Morgan fingerprint density at radius 1 is 1.44 bits per heavy atom. The summed E-state index contributed by atoms with van der Waals surface area (Å²) in [6.45, 7) is 1.88. The minimum atomic E-state index is -0.421. The van der Waals surface area contributed by atoms with Crippen LogP contribution < -0.4 is 15.8 Å². The molecule has 0 aromatic carbocycles. The highest BCUT2D eigenvalue weighted by atomic mass is 35.5. The maximum Gasteiger partial charge on any atom is 0.407 e. The summed E-state index contributed by atoms with van der Waals surface area (Å²) in [5, 5.41) is 9.18. The second kappa shape index (κ2) is 6.84. The van der Waals surface area contributed by atoms with Crippen LogP contribution in [0, 0.1) is 5.92 Å². The van der Waals surface area contributed by atoms with Crippen molar-refractivity contribution in [2.24, 2.45) is 5.92 Å². The third-order valence-corrected chi connectivity index (χ3v) is 5.70. The molecule has 4 fully saturated rings. The topological polar surface area (TPSA) is 96.6 Å². The number of hydrogen-bond acceptors (Lipinski definition) is 6. The van der Waals surface area contributed by atoms with Gasteiger partial charge in [-0.3, -0.25) is 4.79 Å². The molecule has 0 radical (unpaired) electrons. The Morgan fingerprint density at radius 3 is 3.04 bits per heavy atom. The van der Waals surface area contributed by atoms with E-state index in [1.54, 1.807) is 0 Å². The van der Waals surface area contributed by atoms with Gasteiger partial charge in [0.05, 0.1) is 31.1 Å². The van der Waals surface area contributed by atoms with Crippen LogP contribution in [0.15, 0.2) is 11.0 Å². The van der Waals surface area contributed by atoms with E-state index in [-0.39, 0.29) is 29.4 Å². The molecule has 25 heavy (non-hydrogen) atoms. The van der Waals surface area contributed by atoms with Crippen molar-refractivity contribution in [3.63, 3.8) is 0 Å². The number of rotatable bonds is 3. The molecule has 5 rings (SSSR count). The van der Waals surface area contributed by atoms with Crippen LogP contribution >= 0.6 is 11.6 Å². The zero-order chi connectivity index (χ0) is 17.4. The zero-order valence-corrected chi connectivity index (χ0v) is 14.5. The first-order valence-electron chi connectivity index (χ1n) is 8.67. The summed E-state index contributed by atoms with van der Waals surface area (Å²) in [5.74, 6) is 0.388. The summed E-state index contributed by atoms with van der Waals surface area (Å²) in [4.78, 5) is 25.7. The second-order valence-electron chi connectivity index (χ2n) is 6.94. The van der Waals surface area contributed by atoms with E-state index in [2.05, 4.69) is 15.5 Å². The van der Waals surface area contributed by atoms with Gasteiger partial charge in [-0.05, 0) is 19.3 Å². The lowest BCUT2D eigenvalue weighted by atomic mass is 9.81. The fourth-order valence-corrected chi connectivity index (χ4v) is 4.17. The van der Waals surface area contributed by atoms with Crippen LogP contribution in [0.5, 0.6) is 0 Å². The summed E-state index contributed by atoms with van der Waals surface area (Å²) in [6.07, 6.45) is 4.92. The first kappa shape index (κ1) is 16.7. The molecule has 4 atom stereocenters. The first-order valence-corrected chi connectivity index (χ1v) is 9.05. The molecule has 0 spiro atoms. The van der Waals surface area contributed by atoms with Crippen molar-refractivity contribution < 1.29 is 14.3 Å². The molecule has 2 bridgehead atoms. The third-order valence-electron chi connectivity index (χ3n) is 5.33. The molecule has 3 unspecified atom stereocenters. The Morgan fingerprint density at radius 2 is 2.32 bits per heavy atom. The van der Waals surface area contributed by atoms with Crippen molar-refractivity contribution in [2.45, 2.75) is 43.9 Å². The Bertz CT molecular complexity index is 704. The van der Waals surface area contributed by atoms with Crippen LogP contribution in [0.2, 0.25) is 5.02 Å². The van der Waals surface area contributed by atoms with Gasteiger partial charge in [0, 0.05) is 24.9 Å². The van der Waals surface area contributed by atoms with Crippen LogP contribution in [-0.4, -0.2) is 54.2 Å². The highest BCUT2D eigenvalue weighted by Gasteiger charge is 2.38. The number of aromatic amines is 1. The van der Waals surface area contributed by atoms with Gasteiger partial charge in [0.2, 0.25) is 0 Å². The molecule has 8 nitrogen and oxygen atoms in total. The quantitative estimate of drug-likeness (QED) is 0.834. The number of nitrogens with one attached hydrogen (secondary N) is 2. The molecule has 1 saturated carbocycles. The normalized spacial score (nSPS) is 31.2. The monoisotopic (exact) mass is 368 g/mol. The fourth-order valence-electron chi connectivity index (χ4n) is 3.96. The number of nitrogens with zero attached hydrogens (tertiary/aromatic N) is 2. The van der Waals surface area contributed by atoms with Crippen LogP contribution in [0.1, 0.15) is 25.7 Å². The molecule has 1 aromatic heterocycles. The number of halogens is 1. The average molecular weight is 369 g/mol. The first-order chi connectivity index (χ1) is 12.1.